The molecule has 1 heterocycles. The van der Waals surface area contributed by atoms with E-state index in [-0.39, 0.29) is 0 Å². The summed E-state index contributed by atoms with van der Waals surface area (Å²) in [7, 11) is -3.31. The molecule has 1 aromatic rings. The zero-order chi connectivity index (χ0) is 13.2. The van der Waals surface area contributed by atoms with E-state index in [9.17, 15) is 8.42 Å². The predicted octanol–water partition coefficient (Wildman–Crippen LogP) is 1.40. The van der Waals surface area contributed by atoms with Crippen molar-refractivity contribution >= 4 is 10.0 Å². The summed E-state index contributed by atoms with van der Waals surface area (Å²) in [5.41, 5.74) is 1.16. The summed E-state index contributed by atoms with van der Waals surface area (Å²) in [5, 5.41) is 3.16. The van der Waals surface area contributed by atoms with Crippen molar-refractivity contribution in [2.75, 3.05) is 26.2 Å². The molecule has 0 amide bonds. The minimum Gasteiger partial charge on any atom is -0.314 e. The van der Waals surface area contributed by atoms with Crippen LogP contribution in [0.15, 0.2) is 29.2 Å². The van der Waals surface area contributed by atoms with Crippen LogP contribution >= 0.6 is 0 Å². The highest BCUT2D eigenvalue weighted by atomic mass is 32.2. The number of rotatable bonds is 3. The number of hydrogen-bond donors (Lipinski definition) is 1. The second-order valence-corrected chi connectivity index (χ2v) is 6.82. The van der Waals surface area contributed by atoms with Crippen LogP contribution in [0.5, 0.6) is 0 Å². The van der Waals surface area contributed by atoms with E-state index in [0.29, 0.717) is 23.9 Å². The molecule has 18 heavy (non-hydrogen) atoms. The van der Waals surface area contributed by atoms with Gasteiger partial charge >= 0.3 is 0 Å². The molecule has 1 aliphatic heterocycles. The van der Waals surface area contributed by atoms with E-state index in [1.165, 1.54) is 0 Å². The van der Waals surface area contributed by atoms with Gasteiger partial charge in [-0.3, -0.25) is 0 Å². The summed E-state index contributed by atoms with van der Waals surface area (Å²) in [6, 6.07) is 7.24. The smallest absolute Gasteiger partial charge is 0.243 e. The standard InChI is InChI=1S/C13H20N2O2S/c1-11(2)12-3-5-13(6-4-12)18(16,17)15-9-7-14-8-10-15/h3-6,11,14H,7-10H2,1-2H3. The fourth-order valence-corrected chi connectivity index (χ4v) is 3.50. The van der Waals surface area contributed by atoms with Crippen LogP contribution in [0.25, 0.3) is 0 Å². The van der Waals surface area contributed by atoms with Crippen LogP contribution in [0, 0.1) is 0 Å². The number of nitrogens with one attached hydrogen (secondary N) is 1. The molecular formula is C13H20N2O2S. The zero-order valence-corrected chi connectivity index (χ0v) is 11.7. The molecule has 0 radical (unpaired) electrons. The first-order valence-corrected chi connectivity index (χ1v) is 7.76. The lowest BCUT2D eigenvalue weighted by molar-refractivity contribution is 0.360. The van der Waals surface area contributed by atoms with Gasteiger partial charge in [0.2, 0.25) is 10.0 Å². The predicted molar refractivity (Wildman–Crippen MR) is 72.2 cm³/mol. The third kappa shape index (κ3) is 2.74. The molecule has 0 bridgehead atoms. The quantitative estimate of drug-likeness (QED) is 0.901. The molecule has 100 valence electrons. The van der Waals surface area contributed by atoms with Gasteiger partial charge in [0.05, 0.1) is 4.90 Å². The zero-order valence-electron chi connectivity index (χ0n) is 10.9. The highest BCUT2D eigenvalue weighted by Gasteiger charge is 2.25. The van der Waals surface area contributed by atoms with Crippen LogP contribution in [0.1, 0.15) is 25.3 Å². The molecule has 0 unspecified atom stereocenters. The SMILES string of the molecule is CC(C)c1ccc(S(=O)(=O)N2CCNCC2)cc1. The van der Waals surface area contributed by atoms with Gasteiger partial charge < -0.3 is 5.32 Å². The van der Waals surface area contributed by atoms with Gasteiger partial charge in [-0.15, -0.1) is 0 Å². The molecule has 5 heteroatoms. The summed E-state index contributed by atoms with van der Waals surface area (Å²) in [4.78, 5) is 0.397. The van der Waals surface area contributed by atoms with E-state index in [1.807, 2.05) is 12.1 Å². The Morgan fingerprint density at radius 3 is 2.17 bits per heavy atom. The van der Waals surface area contributed by atoms with Gasteiger partial charge in [-0.05, 0) is 23.6 Å². The van der Waals surface area contributed by atoms with Crippen molar-refractivity contribution in [1.29, 1.82) is 0 Å². The normalized spacial score (nSPS) is 18.2. The fourth-order valence-electron chi connectivity index (χ4n) is 2.06. The van der Waals surface area contributed by atoms with Crippen molar-refractivity contribution in [2.24, 2.45) is 0 Å². The Labute approximate surface area is 109 Å². The van der Waals surface area contributed by atoms with Crippen molar-refractivity contribution in [3.05, 3.63) is 29.8 Å². The maximum atomic E-state index is 12.4. The Kier molecular flexibility index (Phi) is 4.04. The molecule has 1 saturated heterocycles. The maximum Gasteiger partial charge on any atom is 0.243 e. The van der Waals surface area contributed by atoms with Gasteiger partial charge in [0.1, 0.15) is 0 Å². The minimum absolute atomic E-state index is 0.397. The Morgan fingerprint density at radius 2 is 1.67 bits per heavy atom. The van der Waals surface area contributed by atoms with Gasteiger partial charge in [-0.1, -0.05) is 26.0 Å². The summed E-state index contributed by atoms with van der Waals surface area (Å²) in [6.07, 6.45) is 0. The highest BCUT2D eigenvalue weighted by Crippen LogP contribution is 2.20. The average Bonchev–Trinajstić information content (AvgIpc) is 2.40. The topological polar surface area (TPSA) is 49.4 Å². The van der Waals surface area contributed by atoms with Crippen LogP contribution in [-0.2, 0) is 10.0 Å². The third-order valence-electron chi connectivity index (χ3n) is 3.26. The van der Waals surface area contributed by atoms with Crippen LogP contribution < -0.4 is 5.32 Å². The molecule has 0 aromatic heterocycles. The molecule has 4 nitrogen and oxygen atoms in total. The summed E-state index contributed by atoms with van der Waals surface area (Å²) in [5.74, 6) is 0.418. The van der Waals surface area contributed by atoms with Crippen molar-refractivity contribution in [3.63, 3.8) is 0 Å². The number of hydrogen-bond acceptors (Lipinski definition) is 3. The van der Waals surface area contributed by atoms with Gasteiger partial charge in [-0.25, -0.2) is 8.42 Å². The van der Waals surface area contributed by atoms with Crippen molar-refractivity contribution in [1.82, 2.24) is 9.62 Å². The largest absolute Gasteiger partial charge is 0.314 e. The Bertz CT molecular complexity index is 488. The van der Waals surface area contributed by atoms with Crippen LogP contribution in [0.3, 0.4) is 0 Å². The second kappa shape index (κ2) is 5.38. The van der Waals surface area contributed by atoms with E-state index in [4.69, 9.17) is 0 Å². The Morgan fingerprint density at radius 1 is 1.11 bits per heavy atom. The molecule has 0 saturated carbocycles. The molecule has 1 fully saturated rings. The van der Waals surface area contributed by atoms with Gasteiger partial charge in [0.25, 0.3) is 0 Å². The summed E-state index contributed by atoms with van der Waals surface area (Å²) < 4.78 is 26.3. The molecule has 2 rings (SSSR count). The third-order valence-corrected chi connectivity index (χ3v) is 5.17. The van der Waals surface area contributed by atoms with Crippen LogP contribution in [0.2, 0.25) is 0 Å². The maximum absolute atomic E-state index is 12.4. The second-order valence-electron chi connectivity index (χ2n) is 4.88. The Balaban J connectivity index is 2.23. The molecule has 1 N–H and O–H groups in total. The molecular weight excluding hydrogens is 248 g/mol. The molecule has 0 atom stereocenters. The first-order valence-electron chi connectivity index (χ1n) is 6.32. The van der Waals surface area contributed by atoms with E-state index in [0.717, 1.165) is 18.7 Å². The number of piperazine rings is 1. The van der Waals surface area contributed by atoms with Crippen molar-refractivity contribution < 1.29 is 8.42 Å². The van der Waals surface area contributed by atoms with Crippen LogP contribution in [0.4, 0.5) is 0 Å². The lowest BCUT2D eigenvalue weighted by Crippen LogP contribution is -2.46. The monoisotopic (exact) mass is 268 g/mol. The summed E-state index contributed by atoms with van der Waals surface area (Å²) in [6.45, 7) is 6.74. The highest BCUT2D eigenvalue weighted by molar-refractivity contribution is 7.89. The summed E-state index contributed by atoms with van der Waals surface area (Å²) >= 11 is 0. The minimum atomic E-state index is -3.31. The Hall–Kier alpha value is -0.910. The van der Waals surface area contributed by atoms with E-state index < -0.39 is 10.0 Å². The molecule has 0 aliphatic carbocycles. The van der Waals surface area contributed by atoms with Crippen molar-refractivity contribution in [3.8, 4) is 0 Å². The van der Waals surface area contributed by atoms with E-state index >= 15 is 0 Å². The molecule has 1 aliphatic rings. The first-order chi connectivity index (χ1) is 8.51. The number of nitrogens with zero attached hydrogens (tertiary/aromatic N) is 1. The van der Waals surface area contributed by atoms with Gasteiger partial charge in [0.15, 0.2) is 0 Å². The lowest BCUT2D eigenvalue weighted by Gasteiger charge is -2.26. The molecule has 0 spiro atoms. The first kappa shape index (κ1) is 13.5. The van der Waals surface area contributed by atoms with Crippen molar-refractivity contribution in [2.45, 2.75) is 24.7 Å². The van der Waals surface area contributed by atoms with E-state index in [2.05, 4.69) is 19.2 Å². The lowest BCUT2D eigenvalue weighted by atomic mass is 10.0. The van der Waals surface area contributed by atoms with E-state index in [1.54, 1.807) is 16.4 Å². The fraction of sp³-hybridized carbons (Fsp3) is 0.538. The average molecular weight is 268 g/mol. The van der Waals surface area contributed by atoms with Crippen LogP contribution in [-0.4, -0.2) is 38.9 Å². The molecule has 1 aromatic carbocycles. The number of sulfonamides is 1. The van der Waals surface area contributed by atoms with Gasteiger partial charge in [0, 0.05) is 26.2 Å². The van der Waals surface area contributed by atoms with Gasteiger partial charge in [-0.2, -0.15) is 4.31 Å². The number of benzene rings is 1.